The third-order valence-electron chi connectivity index (χ3n) is 4.19. The summed E-state index contributed by atoms with van der Waals surface area (Å²) in [5.74, 6) is 1.87. The van der Waals surface area contributed by atoms with E-state index in [-0.39, 0.29) is 17.6 Å². The highest BCUT2D eigenvalue weighted by atomic mass is 16.4. The number of nitrogens with zero attached hydrogens (tertiary/aromatic N) is 2. The quantitative estimate of drug-likeness (QED) is 0.866. The van der Waals surface area contributed by atoms with Crippen LogP contribution < -0.4 is 5.32 Å². The zero-order valence-corrected chi connectivity index (χ0v) is 13.1. The van der Waals surface area contributed by atoms with E-state index in [9.17, 15) is 5.11 Å². The summed E-state index contributed by atoms with van der Waals surface area (Å²) in [7, 11) is 0. The summed E-state index contributed by atoms with van der Waals surface area (Å²) < 4.78 is 5.53. The van der Waals surface area contributed by atoms with Gasteiger partial charge in [0.15, 0.2) is 0 Å². The minimum atomic E-state index is -0.234. The first kappa shape index (κ1) is 15.4. The fraction of sp³-hybridized carbons (Fsp3) is 0.867. The average molecular weight is 281 g/mol. The summed E-state index contributed by atoms with van der Waals surface area (Å²) in [6, 6.07) is 0. The van der Waals surface area contributed by atoms with Crippen LogP contribution in [0.3, 0.4) is 0 Å². The molecule has 1 aliphatic rings. The van der Waals surface area contributed by atoms with E-state index in [0.29, 0.717) is 24.2 Å². The lowest BCUT2D eigenvalue weighted by Gasteiger charge is -2.47. The Morgan fingerprint density at radius 1 is 1.30 bits per heavy atom. The van der Waals surface area contributed by atoms with E-state index in [1.54, 1.807) is 0 Å². The van der Waals surface area contributed by atoms with Crippen molar-refractivity contribution in [1.82, 2.24) is 15.5 Å². The van der Waals surface area contributed by atoms with E-state index in [1.807, 2.05) is 6.92 Å². The van der Waals surface area contributed by atoms with Crippen LogP contribution in [0.25, 0.3) is 0 Å². The monoisotopic (exact) mass is 281 g/mol. The lowest BCUT2D eigenvalue weighted by Crippen LogP contribution is -2.54. The maximum absolute atomic E-state index is 9.89. The Kier molecular flexibility index (Phi) is 4.49. The molecule has 1 heterocycles. The Labute approximate surface area is 121 Å². The highest BCUT2D eigenvalue weighted by Gasteiger charge is 2.42. The van der Waals surface area contributed by atoms with Crippen molar-refractivity contribution in [3.8, 4) is 0 Å². The molecule has 0 saturated heterocycles. The van der Waals surface area contributed by atoms with Crippen molar-refractivity contribution in [3.63, 3.8) is 0 Å². The first-order valence-electron chi connectivity index (χ1n) is 7.55. The van der Waals surface area contributed by atoms with Gasteiger partial charge in [0, 0.05) is 12.0 Å². The number of aliphatic hydroxyl groups excluding tert-OH is 1. The van der Waals surface area contributed by atoms with Crippen LogP contribution in [0.15, 0.2) is 4.42 Å². The predicted octanol–water partition coefficient (Wildman–Crippen LogP) is 2.30. The fourth-order valence-electron chi connectivity index (χ4n) is 3.82. The molecule has 1 aromatic rings. The molecule has 2 rings (SSSR count). The number of rotatable bonds is 5. The van der Waals surface area contributed by atoms with Gasteiger partial charge in [0.25, 0.3) is 0 Å². The third-order valence-corrected chi connectivity index (χ3v) is 4.19. The molecule has 1 fully saturated rings. The fourth-order valence-corrected chi connectivity index (χ4v) is 3.82. The van der Waals surface area contributed by atoms with Crippen LogP contribution in [0.2, 0.25) is 0 Å². The minimum Gasteiger partial charge on any atom is -0.424 e. The Morgan fingerprint density at radius 2 is 2.00 bits per heavy atom. The SMILES string of the molecule is CCc1nnc(CNC2(CO)CC(C)CC(C)(C)C2)o1. The van der Waals surface area contributed by atoms with Gasteiger partial charge in [0.2, 0.25) is 11.8 Å². The molecule has 5 heteroatoms. The zero-order chi connectivity index (χ0) is 14.8. The molecule has 1 saturated carbocycles. The van der Waals surface area contributed by atoms with Crippen LogP contribution in [-0.4, -0.2) is 27.4 Å². The second-order valence-corrected chi connectivity index (χ2v) is 7.09. The molecule has 5 nitrogen and oxygen atoms in total. The van der Waals surface area contributed by atoms with E-state index in [1.165, 1.54) is 6.42 Å². The number of aromatic nitrogens is 2. The highest BCUT2D eigenvalue weighted by Crippen LogP contribution is 2.43. The van der Waals surface area contributed by atoms with Crippen molar-refractivity contribution >= 4 is 0 Å². The van der Waals surface area contributed by atoms with E-state index in [0.717, 1.165) is 19.3 Å². The first-order valence-corrected chi connectivity index (χ1v) is 7.55. The third kappa shape index (κ3) is 3.58. The first-order chi connectivity index (χ1) is 9.38. The largest absolute Gasteiger partial charge is 0.424 e. The molecular formula is C15H27N3O2. The van der Waals surface area contributed by atoms with E-state index in [2.05, 4.69) is 36.3 Å². The molecule has 20 heavy (non-hydrogen) atoms. The normalized spacial score (nSPS) is 29.6. The summed E-state index contributed by atoms with van der Waals surface area (Å²) in [5, 5.41) is 21.4. The van der Waals surface area contributed by atoms with Gasteiger partial charge in [0.05, 0.1) is 13.2 Å². The molecule has 2 atom stereocenters. The number of nitrogens with one attached hydrogen (secondary N) is 1. The van der Waals surface area contributed by atoms with Gasteiger partial charge in [-0.1, -0.05) is 27.7 Å². The standard InChI is InChI=1S/C15H27N3O2/c1-5-12-17-18-13(20-12)8-16-15(10-19)7-11(2)6-14(3,4)9-15/h11,16,19H,5-10H2,1-4H3. The molecular weight excluding hydrogens is 254 g/mol. The van der Waals surface area contributed by atoms with Gasteiger partial charge in [-0.2, -0.15) is 0 Å². The van der Waals surface area contributed by atoms with Crippen LogP contribution in [0.5, 0.6) is 0 Å². The van der Waals surface area contributed by atoms with E-state index < -0.39 is 0 Å². The highest BCUT2D eigenvalue weighted by molar-refractivity contribution is 4.99. The van der Waals surface area contributed by atoms with Gasteiger partial charge in [-0.15, -0.1) is 10.2 Å². The summed E-state index contributed by atoms with van der Waals surface area (Å²) in [6.07, 6.45) is 3.91. The maximum Gasteiger partial charge on any atom is 0.230 e. The summed E-state index contributed by atoms with van der Waals surface area (Å²) >= 11 is 0. The summed E-state index contributed by atoms with van der Waals surface area (Å²) in [4.78, 5) is 0. The molecule has 1 aromatic heterocycles. The second-order valence-electron chi connectivity index (χ2n) is 7.09. The minimum absolute atomic E-state index is 0.148. The van der Waals surface area contributed by atoms with Gasteiger partial charge < -0.3 is 14.8 Å². The summed E-state index contributed by atoms with van der Waals surface area (Å²) in [5.41, 5.74) is 0.0127. The lowest BCUT2D eigenvalue weighted by molar-refractivity contribution is 0.0337. The maximum atomic E-state index is 9.89. The average Bonchev–Trinajstić information content (AvgIpc) is 2.82. The van der Waals surface area contributed by atoms with Gasteiger partial charge >= 0.3 is 0 Å². The molecule has 0 aromatic carbocycles. The number of aryl methyl sites for hydroxylation is 1. The Bertz CT molecular complexity index is 444. The molecule has 0 spiro atoms. The Hall–Kier alpha value is -0.940. The van der Waals surface area contributed by atoms with Gasteiger partial charge in [-0.05, 0) is 30.6 Å². The van der Waals surface area contributed by atoms with Crippen LogP contribution in [0.4, 0.5) is 0 Å². The Morgan fingerprint density at radius 3 is 2.55 bits per heavy atom. The van der Waals surface area contributed by atoms with Crippen molar-refractivity contribution in [1.29, 1.82) is 0 Å². The Balaban J connectivity index is 2.03. The predicted molar refractivity (Wildman–Crippen MR) is 77.1 cm³/mol. The summed E-state index contributed by atoms with van der Waals surface area (Å²) in [6.45, 7) is 9.47. The molecule has 2 unspecified atom stereocenters. The van der Waals surface area contributed by atoms with E-state index >= 15 is 0 Å². The van der Waals surface area contributed by atoms with Gasteiger partial charge in [-0.3, -0.25) is 0 Å². The van der Waals surface area contributed by atoms with Crippen molar-refractivity contribution in [2.75, 3.05) is 6.61 Å². The van der Waals surface area contributed by atoms with Crippen LogP contribution in [0.1, 0.15) is 58.7 Å². The van der Waals surface area contributed by atoms with Crippen molar-refractivity contribution in [2.45, 2.75) is 65.5 Å². The van der Waals surface area contributed by atoms with Crippen molar-refractivity contribution in [3.05, 3.63) is 11.8 Å². The van der Waals surface area contributed by atoms with Crippen molar-refractivity contribution < 1.29 is 9.52 Å². The van der Waals surface area contributed by atoms with Gasteiger partial charge in [-0.25, -0.2) is 0 Å². The molecule has 0 bridgehead atoms. The molecule has 0 amide bonds. The van der Waals surface area contributed by atoms with Crippen LogP contribution in [0, 0.1) is 11.3 Å². The van der Waals surface area contributed by atoms with Crippen molar-refractivity contribution in [2.24, 2.45) is 11.3 Å². The second kappa shape index (κ2) is 5.82. The molecule has 1 aliphatic carbocycles. The zero-order valence-electron chi connectivity index (χ0n) is 13.1. The lowest BCUT2D eigenvalue weighted by atomic mass is 9.64. The van der Waals surface area contributed by atoms with Gasteiger partial charge in [0.1, 0.15) is 0 Å². The number of hydrogen-bond acceptors (Lipinski definition) is 5. The van der Waals surface area contributed by atoms with E-state index in [4.69, 9.17) is 4.42 Å². The molecule has 114 valence electrons. The van der Waals surface area contributed by atoms with Crippen LogP contribution in [-0.2, 0) is 13.0 Å². The molecule has 0 radical (unpaired) electrons. The smallest absolute Gasteiger partial charge is 0.230 e. The van der Waals surface area contributed by atoms with Crippen LogP contribution >= 0.6 is 0 Å². The topological polar surface area (TPSA) is 71.2 Å². The number of aliphatic hydroxyl groups is 1. The number of hydrogen-bond donors (Lipinski definition) is 2. The molecule has 2 N–H and O–H groups in total. The molecule has 0 aliphatic heterocycles.